The lowest BCUT2D eigenvalue weighted by atomic mass is 9.46. The van der Waals surface area contributed by atoms with Gasteiger partial charge in [0.15, 0.2) is 12.4 Å². The van der Waals surface area contributed by atoms with Crippen molar-refractivity contribution in [1.29, 1.82) is 0 Å². The SMILES string of the molecule is CC=CCC(C)C(CC(N)=O)OC(=O)OC(C)OC(=O)C=CC(=O)OCC(=O)C1(O)CCC2C3CCC4=CC(=O)C=CC4(C)C3C(O)CC21C. The largest absolute Gasteiger partial charge is 0.511 e. The van der Waals surface area contributed by atoms with Gasteiger partial charge in [0, 0.05) is 35.8 Å². The third kappa shape index (κ3) is 7.94. The van der Waals surface area contributed by atoms with Gasteiger partial charge in [-0.15, -0.1) is 0 Å². The molecule has 0 aromatic rings. The molecule has 0 aromatic carbocycles. The van der Waals surface area contributed by atoms with E-state index >= 15 is 0 Å². The zero-order valence-electron chi connectivity index (χ0n) is 29.3. The Bertz CT molecular complexity index is 1500. The number of hydrogen-bond donors (Lipinski definition) is 3. The molecule has 4 N–H and O–H groups in total. The number of rotatable bonds is 13. The third-order valence-corrected chi connectivity index (χ3v) is 11.4. The number of aliphatic hydroxyl groups excluding tert-OH is 1. The van der Waals surface area contributed by atoms with Crippen LogP contribution in [0.1, 0.15) is 79.6 Å². The maximum absolute atomic E-state index is 13.5. The summed E-state index contributed by atoms with van der Waals surface area (Å²) in [5.41, 5.74) is 2.97. The minimum absolute atomic E-state index is 0.0126. The van der Waals surface area contributed by atoms with Gasteiger partial charge < -0.3 is 34.9 Å². The number of aliphatic hydroxyl groups is 2. The molecule has 10 atom stereocenters. The molecule has 3 fully saturated rings. The Kier molecular flexibility index (Phi) is 11.9. The molecule has 13 nitrogen and oxygen atoms in total. The zero-order chi connectivity index (χ0) is 37.0. The number of esters is 2. The summed E-state index contributed by atoms with van der Waals surface area (Å²) in [6.07, 6.45) is 8.50. The van der Waals surface area contributed by atoms with Crippen molar-refractivity contribution in [2.24, 2.45) is 40.2 Å². The monoisotopic (exact) mass is 699 g/mol. The van der Waals surface area contributed by atoms with Crippen LogP contribution in [0, 0.1) is 34.5 Å². The van der Waals surface area contributed by atoms with Crippen molar-refractivity contribution in [3.05, 3.63) is 48.1 Å². The summed E-state index contributed by atoms with van der Waals surface area (Å²) in [4.78, 5) is 73.8. The summed E-state index contributed by atoms with van der Waals surface area (Å²) < 4.78 is 20.2. The number of carbonyl (C=O) groups is 6. The van der Waals surface area contributed by atoms with Crippen LogP contribution in [0.5, 0.6) is 0 Å². The molecule has 0 aromatic heterocycles. The predicted octanol–water partition coefficient (Wildman–Crippen LogP) is 3.55. The van der Waals surface area contributed by atoms with Gasteiger partial charge in [-0.1, -0.05) is 44.6 Å². The van der Waals surface area contributed by atoms with Crippen molar-refractivity contribution >= 4 is 35.6 Å². The summed E-state index contributed by atoms with van der Waals surface area (Å²) in [6, 6.07) is 0. The van der Waals surface area contributed by atoms with Crippen LogP contribution in [-0.4, -0.2) is 76.5 Å². The molecular weight excluding hydrogens is 650 g/mol. The van der Waals surface area contributed by atoms with Gasteiger partial charge in [-0.2, -0.15) is 0 Å². The fraction of sp³-hybridized carbons (Fsp3) is 0.622. The summed E-state index contributed by atoms with van der Waals surface area (Å²) >= 11 is 0. The number of carbonyl (C=O) groups excluding carboxylic acids is 6. The highest BCUT2D eigenvalue weighted by Crippen LogP contribution is 2.67. The third-order valence-electron chi connectivity index (χ3n) is 11.4. The highest BCUT2D eigenvalue weighted by atomic mass is 16.8. The van der Waals surface area contributed by atoms with Crippen LogP contribution >= 0.6 is 0 Å². The first-order valence-electron chi connectivity index (χ1n) is 17.1. The van der Waals surface area contributed by atoms with Crippen LogP contribution in [0.4, 0.5) is 4.79 Å². The van der Waals surface area contributed by atoms with E-state index in [1.807, 2.05) is 39.0 Å². The minimum atomic E-state index is -1.84. The molecule has 1 amide bonds. The summed E-state index contributed by atoms with van der Waals surface area (Å²) in [5, 5.41) is 23.3. The first-order valence-corrected chi connectivity index (χ1v) is 17.1. The average Bonchev–Trinajstić information content (AvgIpc) is 3.31. The molecule has 0 bridgehead atoms. The van der Waals surface area contributed by atoms with E-state index in [2.05, 4.69) is 0 Å². The fourth-order valence-electron chi connectivity index (χ4n) is 8.80. The first-order chi connectivity index (χ1) is 23.4. The molecule has 0 saturated heterocycles. The normalized spacial score (nSPS) is 33.3. The molecule has 10 unspecified atom stereocenters. The summed E-state index contributed by atoms with van der Waals surface area (Å²) in [7, 11) is 0. The highest BCUT2D eigenvalue weighted by molar-refractivity contribution is 6.01. The molecule has 4 rings (SSSR count). The Morgan fingerprint density at radius 3 is 2.44 bits per heavy atom. The topological polar surface area (TPSA) is 206 Å². The Hall–Kier alpha value is -4.10. The average molecular weight is 700 g/mol. The number of Topliss-reactive ketones (excluding diaryl/α,β-unsaturated/α-hetero) is 1. The molecule has 13 heteroatoms. The van der Waals surface area contributed by atoms with Crippen molar-refractivity contribution in [2.45, 2.75) is 104 Å². The van der Waals surface area contributed by atoms with Crippen molar-refractivity contribution in [1.82, 2.24) is 0 Å². The molecule has 0 heterocycles. The van der Waals surface area contributed by atoms with Gasteiger partial charge in [-0.25, -0.2) is 14.4 Å². The van der Waals surface area contributed by atoms with Crippen LogP contribution in [0.3, 0.4) is 0 Å². The number of allylic oxidation sites excluding steroid dienone is 6. The Morgan fingerprint density at radius 1 is 1.06 bits per heavy atom. The smallest absolute Gasteiger partial charge is 0.454 e. The second kappa shape index (κ2) is 15.4. The maximum atomic E-state index is 13.5. The first kappa shape index (κ1) is 38.7. The predicted molar refractivity (Wildman–Crippen MR) is 177 cm³/mol. The van der Waals surface area contributed by atoms with E-state index in [4.69, 9.17) is 24.7 Å². The molecule has 0 aliphatic heterocycles. The number of amides is 1. The minimum Gasteiger partial charge on any atom is -0.454 e. The van der Waals surface area contributed by atoms with Crippen molar-refractivity contribution in [3.8, 4) is 0 Å². The molecule has 274 valence electrons. The number of ketones is 2. The van der Waals surface area contributed by atoms with Crippen LogP contribution in [0.15, 0.2) is 48.1 Å². The summed E-state index contributed by atoms with van der Waals surface area (Å²) in [5.74, 6) is -4.01. The highest BCUT2D eigenvalue weighted by Gasteiger charge is 2.68. The summed E-state index contributed by atoms with van der Waals surface area (Å²) in [6.45, 7) is 7.94. The molecule has 0 spiro atoms. The van der Waals surface area contributed by atoms with E-state index in [9.17, 15) is 39.0 Å². The Labute approximate surface area is 291 Å². The van der Waals surface area contributed by atoms with Gasteiger partial charge in [-0.05, 0) is 75.4 Å². The van der Waals surface area contributed by atoms with Gasteiger partial charge in [-0.3, -0.25) is 14.4 Å². The maximum Gasteiger partial charge on any atom is 0.511 e. The second-order valence-corrected chi connectivity index (χ2v) is 14.5. The molecule has 50 heavy (non-hydrogen) atoms. The molecule has 4 aliphatic carbocycles. The van der Waals surface area contributed by atoms with E-state index in [-0.39, 0.29) is 48.7 Å². The number of hydrogen-bond acceptors (Lipinski definition) is 12. The molecule has 4 aliphatic rings. The van der Waals surface area contributed by atoms with Crippen LogP contribution in [0.2, 0.25) is 0 Å². The molecular formula is C37H49NO12. The number of nitrogens with two attached hydrogens (primary N) is 1. The van der Waals surface area contributed by atoms with Gasteiger partial charge in [0.05, 0.1) is 12.5 Å². The van der Waals surface area contributed by atoms with E-state index in [1.54, 1.807) is 19.1 Å². The van der Waals surface area contributed by atoms with Gasteiger partial charge in [0.2, 0.25) is 18.0 Å². The van der Waals surface area contributed by atoms with Gasteiger partial charge in [0.1, 0.15) is 11.7 Å². The van der Waals surface area contributed by atoms with Crippen LogP contribution < -0.4 is 5.73 Å². The van der Waals surface area contributed by atoms with Crippen molar-refractivity contribution in [3.63, 3.8) is 0 Å². The lowest BCUT2D eigenvalue weighted by molar-refractivity contribution is -0.180. The van der Waals surface area contributed by atoms with Crippen molar-refractivity contribution < 1.29 is 57.9 Å². The molecule has 3 saturated carbocycles. The number of fused-ring (bicyclic) bond motifs is 5. The van der Waals surface area contributed by atoms with E-state index in [1.165, 1.54) is 6.92 Å². The quantitative estimate of drug-likeness (QED) is 0.0830. The Balaban J connectivity index is 1.28. The van der Waals surface area contributed by atoms with Gasteiger partial charge >= 0.3 is 18.1 Å². The lowest BCUT2D eigenvalue weighted by Gasteiger charge is -2.59. The Morgan fingerprint density at radius 2 is 1.76 bits per heavy atom. The standard InChI is InChI=1S/C37H49NO12/c1-6-7-8-21(2)28(18-30(38)42)50-34(45)49-22(3)48-32(44)12-11-31(43)47-20-29(41)37(46)16-14-26-25-10-9-23-17-24(39)13-15-35(23,4)33(25)27(40)19-36(26,37)5/h6-7,11-13,15,17,21-22,25-28,33,40,46H,8-10,14,16,18-20H2,1-5H3,(H2,38,42). The van der Waals surface area contributed by atoms with E-state index in [0.29, 0.717) is 19.3 Å². The van der Waals surface area contributed by atoms with Gasteiger partial charge in [0.25, 0.3) is 0 Å². The van der Waals surface area contributed by atoms with Crippen LogP contribution in [0.25, 0.3) is 0 Å². The number of primary amides is 1. The lowest BCUT2D eigenvalue weighted by Crippen LogP contribution is -2.61. The van der Waals surface area contributed by atoms with Crippen molar-refractivity contribution in [2.75, 3.05) is 6.61 Å². The number of ether oxygens (including phenoxy) is 4. The molecule has 0 radical (unpaired) electrons. The van der Waals surface area contributed by atoms with Crippen LogP contribution in [-0.2, 0) is 42.9 Å². The fourth-order valence-corrected chi connectivity index (χ4v) is 8.80. The van der Waals surface area contributed by atoms with E-state index in [0.717, 1.165) is 24.1 Å². The van der Waals surface area contributed by atoms with E-state index < -0.39 is 71.3 Å². The second-order valence-electron chi connectivity index (χ2n) is 14.5. The zero-order valence-corrected chi connectivity index (χ0v) is 29.3.